The Bertz CT molecular complexity index is 464. The summed E-state index contributed by atoms with van der Waals surface area (Å²) in [4.78, 5) is 8.27. The largest absolute Gasteiger partial charge is 0.529 e. The number of likely N-dealkylation sites (N-methyl/N-ethyl adjacent to an activating group) is 1. The Labute approximate surface area is 189 Å². The van der Waals surface area contributed by atoms with Crippen molar-refractivity contribution in [1.29, 1.82) is 0 Å². The molecule has 0 bridgehead atoms. The Kier molecular flexibility index (Phi) is 14.6. The molecule has 11 heteroatoms. The van der Waals surface area contributed by atoms with Crippen molar-refractivity contribution in [1.82, 2.24) is 14.7 Å². The molecule has 0 unspecified atom stereocenters. The molecule has 30 heavy (non-hydrogen) atoms. The highest BCUT2D eigenvalue weighted by Gasteiger charge is 2.43. The summed E-state index contributed by atoms with van der Waals surface area (Å²) in [6.45, 7) is 10.7. The van der Waals surface area contributed by atoms with E-state index in [2.05, 4.69) is 35.0 Å². The molecular weight excluding hydrogens is 434 g/mol. The van der Waals surface area contributed by atoms with E-state index in [-0.39, 0.29) is 0 Å². The number of piperazine rings is 1. The molecule has 0 saturated carbocycles. The zero-order valence-corrected chi connectivity index (χ0v) is 23.0. The molecule has 0 atom stereocenters. The lowest BCUT2D eigenvalue weighted by Gasteiger charge is -2.34. The average Bonchev–Trinajstić information content (AvgIpc) is 2.75. The van der Waals surface area contributed by atoms with Gasteiger partial charge in [-0.1, -0.05) is 0 Å². The highest BCUT2D eigenvalue weighted by atomic mass is 28.4. The molecular formula is C19H42N3O5Si3. The summed E-state index contributed by atoms with van der Waals surface area (Å²) in [6, 6.07) is 1.01. The Morgan fingerprint density at radius 2 is 1.60 bits per heavy atom. The van der Waals surface area contributed by atoms with Crippen molar-refractivity contribution in [2.75, 3.05) is 87.5 Å². The van der Waals surface area contributed by atoms with Crippen molar-refractivity contribution in [2.24, 2.45) is 0 Å². The van der Waals surface area contributed by atoms with Crippen LogP contribution in [0.1, 0.15) is 20.3 Å². The SMILES string of the molecule is CCO[Si](CCCN(C)C[Si]C(=CN1CCN(C)CC1)[Si](OC)(OC)OC)OCC. The van der Waals surface area contributed by atoms with Gasteiger partial charge in [-0.25, -0.2) is 0 Å². The van der Waals surface area contributed by atoms with Crippen molar-refractivity contribution in [3.63, 3.8) is 0 Å². The lowest BCUT2D eigenvalue weighted by molar-refractivity contribution is 0.135. The third kappa shape index (κ3) is 9.59. The molecule has 0 spiro atoms. The predicted molar refractivity (Wildman–Crippen MR) is 126 cm³/mol. The van der Waals surface area contributed by atoms with Crippen LogP contribution in [0, 0.1) is 0 Å². The molecule has 1 saturated heterocycles. The molecule has 1 heterocycles. The van der Waals surface area contributed by atoms with Crippen LogP contribution in [0.2, 0.25) is 6.04 Å². The highest BCUT2D eigenvalue weighted by Crippen LogP contribution is 2.19. The number of nitrogens with zero attached hydrogens (tertiary/aromatic N) is 3. The molecule has 1 fully saturated rings. The highest BCUT2D eigenvalue weighted by molar-refractivity contribution is 6.83. The summed E-state index contributed by atoms with van der Waals surface area (Å²) >= 11 is 0. The van der Waals surface area contributed by atoms with Gasteiger partial charge in [0.05, 0.1) is 9.52 Å². The number of rotatable bonds is 16. The zero-order chi connectivity index (χ0) is 22.4. The molecule has 0 N–H and O–H groups in total. The third-order valence-electron chi connectivity index (χ3n) is 5.06. The molecule has 0 aromatic carbocycles. The third-order valence-corrected chi connectivity index (χ3v) is 12.1. The standard InChI is InChI=1S/C19H42N3O5Si3/c1-8-26-29(27-9-2)16-10-11-21(4)18-28-19(30(23-5,24-6)25-7)17-22-14-12-20(3)13-15-22/h17H,8-16,18H2,1-7H3. The van der Waals surface area contributed by atoms with Crippen LogP contribution in [0.3, 0.4) is 0 Å². The minimum absolute atomic E-state index is 0.564. The Morgan fingerprint density at radius 1 is 1.03 bits per heavy atom. The summed E-state index contributed by atoms with van der Waals surface area (Å²) in [5.74, 6) is 0. The van der Waals surface area contributed by atoms with Gasteiger partial charge < -0.3 is 36.8 Å². The minimum atomic E-state index is -2.83. The predicted octanol–water partition coefficient (Wildman–Crippen LogP) is 1.04. The van der Waals surface area contributed by atoms with E-state index in [4.69, 9.17) is 22.1 Å². The second-order valence-electron chi connectivity index (χ2n) is 7.31. The fourth-order valence-corrected chi connectivity index (χ4v) is 9.10. The van der Waals surface area contributed by atoms with E-state index in [1.54, 1.807) is 21.3 Å². The monoisotopic (exact) mass is 476 g/mol. The molecule has 8 nitrogen and oxygen atoms in total. The zero-order valence-electron chi connectivity index (χ0n) is 20.0. The first-order valence-electron chi connectivity index (χ1n) is 10.8. The van der Waals surface area contributed by atoms with E-state index >= 15 is 0 Å². The number of hydrogen-bond donors (Lipinski definition) is 0. The van der Waals surface area contributed by atoms with Crippen molar-refractivity contribution in [2.45, 2.75) is 26.3 Å². The van der Waals surface area contributed by atoms with Gasteiger partial charge in [-0.05, 0) is 59.3 Å². The van der Waals surface area contributed by atoms with E-state index in [0.29, 0.717) is 9.52 Å². The van der Waals surface area contributed by atoms with Gasteiger partial charge in [0.25, 0.3) is 0 Å². The average molecular weight is 477 g/mol. The van der Waals surface area contributed by atoms with Crippen molar-refractivity contribution < 1.29 is 22.1 Å². The molecule has 0 aliphatic carbocycles. The van der Waals surface area contributed by atoms with Crippen LogP contribution < -0.4 is 0 Å². The smallest absolute Gasteiger partial charge is 0.394 e. The maximum atomic E-state index is 5.81. The first-order valence-corrected chi connectivity index (χ1v) is 15.2. The van der Waals surface area contributed by atoms with Crippen LogP contribution in [0.4, 0.5) is 0 Å². The van der Waals surface area contributed by atoms with Gasteiger partial charge in [0.1, 0.15) is 0 Å². The molecule has 175 valence electrons. The van der Waals surface area contributed by atoms with Crippen molar-refractivity contribution in [3.8, 4) is 0 Å². The molecule has 0 aromatic rings. The van der Waals surface area contributed by atoms with Gasteiger partial charge in [-0.2, -0.15) is 0 Å². The molecule has 0 amide bonds. The van der Waals surface area contributed by atoms with Gasteiger partial charge in [0.2, 0.25) is 0 Å². The summed E-state index contributed by atoms with van der Waals surface area (Å²) < 4.78 is 28.9. The van der Waals surface area contributed by atoms with Gasteiger partial charge in [-0.15, -0.1) is 0 Å². The maximum absolute atomic E-state index is 5.81. The second-order valence-corrected chi connectivity index (χ2v) is 13.7. The molecule has 1 aliphatic heterocycles. The van der Waals surface area contributed by atoms with Crippen LogP contribution in [0.15, 0.2) is 11.0 Å². The Hall–Kier alpha value is -0.0894. The van der Waals surface area contributed by atoms with E-state index in [9.17, 15) is 0 Å². The number of hydrogen-bond acceptors (Lipinski definition) is 8. The van der Waals surface area contributed by atoms with E-state index in [1.807, 2.05) is 13.8 Å². The van der Waals surface area contributed by atoms with E-state index < -0.39 is 18.1 Å². The summed E-state index contributed by atoms with van der Waals surface area (Å²) in [6.07, 6.45) is 4.28. The summed E-state index contributed by atoms with van der Waals surface area (Å²) in [5, 5.41) is 0. The summed E-state index contributed by atoms with van der Waals surface area (Å²) in [5.41, 5.74) is 0. The Balaban J connectivity index is 2.66. The lowest BCUT2D eigenvalue weighted by Crippen LogP contribution is -2.50. The van der Waals surface area contributed by atoms with E-state index in [1.165, 1.54) is 4.82 Å². The Morgan fingerprint density at radius 3 is 2.10 bits per heavy atom. The van der Waals surface area contributed by atoms with Crippen LogP contribution in [0.5, 0.6) is 0 Å². The fraction of sp³-hybridized carbons (Fsp3) is 0.895. The van der Waals surface area contributed by atoms with E-state index in [0.717, 1.165) is 64.6 Å². The first kappa shape index (κ1) is 27.9. The first-order chi connectivity index (χ1) is 14.4. The van der Waals surface area contributed by atoms with Crippen LogP contribution in [-0.4, -0.2) is 130 Å². The quantitative estimate of drug-likeness (QED) is 0.306. The minimum Gasteiger partial charge on any atom is -0.394 e. The topological polar surface area (TPSA) is 55.9 Å². The van der Waals surface area contributed by atoms with Gasteiger partial charge in [0, 0.05) is 65.5 Å². The lowest BCUT2D eigenvalue weighted by atomic mass is 10.3. The van der Waals surface area contributed by atoms with Gasteiger partial charge in [-0.3, -0.25) is 0 Å². The normalized spacial score (nSPS) is 16.8. The second kappa shape index (κ2) is 15.7. The van der Waals surface area contributed by atoms with Gasteiger partial charge in [0.15, 0.2) is 0 Å². The van der Waals surface area contributed by atoms with Gasteiger partial charge >= 0.3 is 18.1 Å². The molecule has 0 aromatic heterocycles. The summed E-state index contributed by atoms with van der Waals surface area (Å²) in [7, 11) is 6.02. The maximum Gasteiger partial charge on any atom is 0.529 e. The van der Waals surface area contributed by atoms with Crippen LogP contribution >= 0.6 is 0 Å². The molecule has 1 rings (SSSR count). The van der Waals surface area contributed by atoms with Crippen LogP contribution in [0.25, 0.3) is 0 Å². The fourth-order valence-electron chi connectivity index (χ4n) is 3.25. The molecule has 3 radical (unpaired) electrons. The van der Waals surface area contributed by atoms with Crippen molar-refractivity contribution >= 4 is 27.6 Å². The molecule has 1 aliphatic rings. The van der Waals surface area contributed by atoms with Crippen LogP contribution in [-0.2, 0) is 22.1 Å². The van der Waals surface area contributed by atoms with Crippen molar-refractivity contribution in [3.05, 3.63) is 11.0 Å².